The van der Waals surface area contributed by atoms with Gasteiger partial charge in [0.05, 0.1) is 5.69 Å². The molecule has 1 rings (SSSR count). The number of nitrogens with zero attached hydrogens (tertiary/aromatic N) is 1. The monoisotopic (exact) mass is 157 g/mol. The van der Waals surface area contributed by atoms with Crippen LogP contribution in [0.5, 0.6) is 5.75 Å². The normalized spacial score (nSPS) is 9.90. The first-order chi connectivity index (χ1) is 4.63. The van der Waals surface area contributed by atoms with Crippen molar-refractivity contribution in [2.75, 3.05) is 0 Å². The maximum Gasteiger partial charge on any atom is 0.140 e. The lowest BCUT2D eigenvalue weighted by atomic mass is 10.2. The second-order valence-electron chi connectivity index (χ2n) is 2.19. The van der Waals surface area contributed by atoms with Crippen molar-refractivity contribution >= 4 is 11.6 Å². The van der Waals surface area contributed by atoms with Crippen LogP contribution in [0, 0.1) is 13.8 Å². The Hall–Kier alpha value is -0.760. The first-order valence-corrected chi connectivity index (χ1v) is 3.31. The molecular weight excluding hydrogens is 150 g/mol. The number of hydrogen-bond donors (Lipinski definition) is 1. The molecule has 0 unspecified atom stereocenters. The summed E-state index contributed by atoms with van der Waals surface area (Å²) in [7, 11) is 0. The van der Waals surface area contributed by atoms with Crippen LogP contribution in [0.25, 0.3) is 0 Å². The van der Waals surface area contributed by atoms with Crippen LogP contribution in [0.4, 0.5) is 0 Å². The van der Waals surface area contributed by atoms with E-state index in [-0.39, 0.29) is 5.75 Å². The van der Waals surface area contributed by atoms with Gasteiger partial charge in [-0.25, -0.2) is 0 Å². The van der Waals surface area contributed by atoms with Crippen molar-refractivity contribution in [3.8, 4) is 5.75 Å². The van der Waals surface area contributed by atoms with Gasteiger partial charge in [-0.15, -0.1) is 0 Å². The lowest BCUT2D eigenvalue weighted by molar-refractivity contribution is 0.470. The molecule has 0 spiro atoms. The number of halogens is 1. The molecule has 10 heavy (non-hydrogen) atoms. The zero-order chi connectivity index (χ0) is 7.72. The molecule has 1 N–H and O–H groups in total. The molecule has 0 aliphatic rings. The van der Waals surface area contributed by atoms with Gasteiger partial charge in [-0.2, -0.15) is 0 Å². The number of rotatable bonds is 0. The number of hydrogen-bond acceptors (Lipinski definition) is 2. The third-order valence-corrected chi connectivity index (χ3v) is 1.80. The molecule has 0 saturated heterocycles. The molecule has 0 bridgehead atoms. The van der Waals surface area contributed by atoms with Gasteiger partial charge in [0, 0.05) is 11.8 Å². The third-order valence-electron chi connectivity index (χ3n) is 1.35. The molecule has 0 saturated carbocycles. The van der Waals surface area contributed by atoms with Crippen molar-refractivity contribution in [1.82, 2.24) is 4.98 Å². The standard InChI is InChI=1S/C7H8ClNO/c1-4-3-9-5(2)6(8)7(4)10/h3H,1-2H3,(H,9,10). The topological polar surface area (TPSA) is 33.1 Å². The molecule has 0 aliphatic heterocycles. The Morgan fingerprint density at radius 2 is 2.10 bits per heavy atom. The number of pyridine rings is 1. The fourth-order valence-electron chi connectivity index (χ4n) is 0.656. The summed E-state index contributed by atoms with van der Waals surface area (Å²) in [6.45, 7) is 3.51. The molecule has 54 valence electrons. The van der Waals surface area contributed by atoms with E-state index in [1.54, 1.807) is 20.0 Å². The number of aromatic nitrogens is 1. The average Bonchev–Trinajstić information content (AvgIpc) is 1.93. The Balaban J connectivity index is 3.34. The van der Waals surface area contributed by atoms with Gasteiger partial charge in [0.15, 0.2) is 0 Å². The first-order valence-electron chi connectivity index (χ1n) is 2.93. The third kappa shape index (κ3) is 1.07. The van der Waals surface area contributed by atoms with E-state index in [4.69, 9.17) is 11.6 Å². The number of aryl methyl sites for hydroxylation is 2. The first kappa shape index (κ1) is 7.35. The quantitative estimate of drug-likeness (QED) is 0.626. The highest BCUT2D eigenvalue weighted by molar-refractivity contribution is 6.32. The van der Waals surface area contributed by atoms with Crippen LogP contribution < -0.4 is 0 Å². The predicted octanol–water partition coefficient (Wildman–Crippen LogP) is 2.06. The van der Waals surface area contributed by atoms with Crippen molar-refractivity contribution in [2.45, 2.75) is 13.8 Å². The van der Waals surface area contributed by atoms with Gasteiger partial charge in [0.1, 0.15) is 10.8 Å². The molecule has 0 radical (unpaired) electrons. The largest absolute Gasteiger partial charge is 0.506 e. The maximum absolute atomic E-state index is 9.22. The van der Waals surface area contributed by atoms with Crippen LogP contribution in [-0.4, -0.2) is 10.1 Å². The summed E-state index contributed by atoms with van der Waals surface area (Å²) in [6, 6.07) is 0. The molecule has 0 fully saturated rings. The molecule has 0 amide bonds. The van der Waals surface area contributed by atoms with Gasteiger partial charge in [-0.05, 0) is 13.8 Å². The van der Waals surface area contributed by atoms with Gasteiger partial charge in [0.25, 0.3) is 0 Å². The lowest BCUT2D eigenvalue weighted by Crippen LogP contribution is -1.84. The minimum absolute atomic E-state index is 0.133. The zero-order valence-corrected chi connectivity index (χ0v) is 6.61. The fourth-order valence-corrected chi connectivity index (χ4v) is 0.854. The van der Waals surface area contributed by atoms with E-state index in [9.17, 15) is 5.11 Å². The summed E-state index contributed by atoms with van der Waals surface area (Å²) in [4.78, 5) is 3.95. The highest BCUT2D eigenvalue weighted by Gasteiger charge is 2.04. The van der Waals surface area contributed by atoms with Crippen molar-refractivity contribution in [3.63, 3.8) is 0 Å². The van der Waals surface area contributed by atoms with Gasteiger partial charge in [-0.1, -0.05) is 11.6 Å². The average molecular weight is 158 g/mol. The highest BCUT2D eigenvalue weighted by Crippen LogP contribution is 2.27. The summed E-state index contributed by atoms with van der Waals surface area (Å²) in [5, 5.41) is 9.56. The molecule has 1 heterocycles. The molecule has 0 aromatic carbocycles. The van der Waals surface area contributed by atoms with E-state index in [0.717, 1.165) is 0 Å². The molecule has 1 aromatic heterocycles. The van der Waals surface area contributed by atoms with Crippen LogP contribution in [0.3, 0.4) is 0 Å². The summed E-state index contributed by atoms with van der Waals surface area (Å²) >= 11 is 5.67. The van der Waals surface area contributed by atoms with Crippen LogP contribution in [0.2, 0.25) is 5.02 Å². The molecule has 0 aliphatic carbocycles. The molecule has 3 heteroatoms. The van der Waals surface area contributed by atoms with Gasteiger partial charge < -0.3 is 5.11 Å². The van der Waals surface area contributed by atoms with Gasteiger partial charge in [-0.3, -0.25) is 4.98 Å². The maximum atomic E-state index is 9.22. The van der Waals surface area contributed by atoms with Crippen molar-refractivity contribution in [3.05, 3.63) is 22.5 Å². The molecular formula is C7H8ClNO. The minimum Gasteiger partial charge on any atom is -0.506 e. The van der Waals surface area contributed by atoms with Crippen molar-refractivity contribution < 1.29 is 5.11 Å². The second-order valence-corrected chi connectivity index (χ2v) is 2.57. The van der Waals surface area contributed by atoms with Gasteiger partial charge >= 0.3 is 0 Å². The summed E-state index contributed by atoms with van der Waals surface area (Å²) < 4.78 is 0. The molecule has 0 atom stereocenters. The van der Waals surface area contributed by atoms with E-state index in [0.29, 0.717) is 16.3 Å². The fraction of sp³-hybridized carbons (Fsp3) is 0.286. The Morgan fingerprint density at radius 3 is 2.60 bits per heavy atom. The van der Waals surface area contributed by atoms with Crippen LogP contribution in [-0.2, 0) is 0 Å². The van der Waals surface area contributed by atoms with Gasteiger partial charge in [0.2, 0.25) is 0 Å². The van der Waals surface area contributed by atoms with E-state index in [1.165, 1.54) is 0 Å². The Morgan fingerprint density at radius 1 is 1.50 bits per heavy atom. The minimum atomic E-state index is 0.133. The SMILES string of the molecule is Cc1cnc(C)c(Cl)c1O. The number of aromatic hydroxyl groups is 1. The Labute approximate surface area is 64.5 Å². The van der Waals surface area contributed by atoms with Crippen molar-refractivity contribution in [1.29, 1.82) is 0 Å². The Bertz CT molecular complexity index is 233. The predicted molar refractivity (Wildman–Crippen MR) is 40.4 cm³/mol. The van der Waals surface area contributed by atoms with Crippen LogP contribution in [0.1, 0.15) is 11.3 Å². The zero-order valence-electron chi connectivity index (χ0n) is 5.85. The van der Waals surface area contributed by atoms with E-state index in [2.05, 4.69) is 4.98 Å². The lowest BCUT2D eigenvalue weighted by Gasteiger charge is -2.01. The molecule has 2 nitrogen and oxygen atoms in total. The smallest absolute Gasteiger partial charge is 0.140 e. The van der Waals surface area contributed by atoms with Crippen LogP contribution >= 0.6 is 11.6 Å². The van der Waals surface area contributed by atoms with E-state index in [1.807, 2.05) is 0 Å². The van der Waals surface area contributed by atoms with E-state index < -0.39 is 0 Å². The summed E-state index contributed by atoms with van der Waals surface area (Å²) in [6.07, 6.45) is 1.59. The second kappa shape index (κ2) is 2.46. The van der Waals surface area contributed by atoms with Crippen LogP contribution in [0.15, 0.2) is 6.20 Å². The molecule has 1 aromatic rings. The Kier molecular flexibility index (Phi) is 1.81. The van der Waals surface area contributed by atoms with Crippen molar-refractivity contribution in [2.24, 2.45) is 0 Å². The van der Waals surface area contributed by atoms with E-state index >= 15 is 0 Å². The highest BCUT2D eigenvalue weighted by atomic mass is 35.5. The summed E-state index contributed by atoms with van der Waals surface area (Å²) in [5.41, 5.74) is 1.36. The summed E-state index contributed by atoms with van der Waals surface area (Å²) in [5.74, 6) is 0.133.